The summed E-state index contributed by atoms with van der Waals surface area (Å²) in [5.74, 6) is -1.00. The van der Waals surface area contributed by atoms with Gasteiger partial charge in [-0.25, -0.2) is 4.98 Å². The standard InChI is InChI=1S/C26H31F3N4O4/c1-36-21-4-3-11-33(15-21)19-13-16(12-17(14-19)26(27,28)29)24(35)32-18-6-8-20(9-7-18)37-25-22(23(30)34)5-2-10-31-25/h2,5,10,12-14,18,20-21H,3-4,6-9,11,15H2,1H3,(H2,30,34)(H,32,35). The summed E-state index contributed by atoms with van der Waals surface area (Å²) in [6.07, 6.45) is 0.599. The Hall–Kier alpha value is -3.34. The minimum absolute atomic E-state index is 0.0256. The van der Waals surface area contributed by atoms with Gasteiger partial charge in [0.2, 0.25) is 5.88 Å². The van der Waals surface area contributed by atoms with Gasteiger partial charge in [0.15, 0.2) is 0 Å². The first-order chi connectivity index (χ1) is 17.6. The van der Waals surface area contributed by atoms with Gasteiger partial charge in [0.1, 0.15) is 11.7 Å². The summed E-state index contributed by atoms with van der Waals surface area (Å²) in [6.45, 7) is 1.07. The molecule has 0 bridgehead atoms. The van der Waals surface area contributed by atoms with Crippen molar-refractivity contribution in [3.63, 3.8) is 0 Å². The Morgan fingerprint density at radius 2 is 1.86 bits per heavy atom. The van der Waals surface area contributed by atoms with E-state index in [4.69, 9.17) is 15.2 Å². The van der Waals surface area contributed by atoms with E-state index in [-0.39, 0.29) is 35.3 Å². The zero-order valence-electron chi connectivity index (χ0n) is 20.6. The fraction of sp³-hybridized carbons (Fsp3) is 0.500. The Labute approximate surface area is 213 Å². The fourth-order valence-electron chi connectivity index (χ4n) is 4.88. The van der Waals surface area contributed by atoms with Crippen molar-refractivity contribution in [2.45, 2.75) is 63.0 Å². The molecule has 2 fully saturated rings. The average molecular weight is 521 g/mol. The number of primary amides is 1. The molecule has 3 N–H and O–H groups in total. The van der Waals surface area contributed by atoms with E-state index in [1.54, 1.807) is 19.2 Å². The molecule has 1 aromatic carbocycles. The number of anilines is 1. The van der Waals surface area contributed by atoms with E-state index in [2.05, 4.69) is 10.3 Å². The van der Waals surface area contributed by atoms with Crippen molar-refractivity contribution in [1.82, 2.24) is 10.3 Å². The molecule has 2 aromatic rings. The number of hydrogen-bond acceptors (Lipinski definition) is 6. The molecule has 1 unspecified atom stereocenters. The van der Waals surface area contributed by atoms with Crippen LogP contribution in [0.15, 0.2) is 36.5 Å². The Morgan fingerprint density at radius 1 is 1.11 bits per heavy atom. The third kappa shape index (κ3) is 6.71. The van der Waals surface area contributed by atoms with Crippen LogP contribution in [-0.4, -0.2) is 55.2 Å². The van der Waals surface area contributed by atoms with Gasteiger partial charge in [0, 0.05) is 43.7 Å². The second kappa shape index (κ2) is 11.4. The largest absolute Gasteiger partial charge is 0.474 e. The molecule has 8 nitrogen and oxygen atoms in total. The molecule has 1 aliphatic heterocycles. The lowest BCUT2D eigenvalue weighted by molar-refractivity contribution is -0.137. The minimum atomic E-state index is -4.58. The van der Waals surface area contributed by atoms with Gasteiger partial charge in [-0.1, -0.05) is 0 Å². The van der Waals surface area contributed by atoms with Crippen LogP contribution in [0.3, 0.4) is 0 Å². The number of piperidine rings is 1. The number of methoxy groups -OCH3 is 1. The zero-order valence-corrected chi connectivity index (χ0v) is 20.6. The number of ether oxygens (including phenoxy) is 2. The molecule has 1 saturated heterocycles. The predicted octanol–water partition coefficient (Wildman–Crippen LogP) is 3.93. The Bertz CT molecular complexity index is 1120. The van der Waals surface area contributed by atoms with Crippen molar-refractivity contribution >= 4 is 17.5 Å². The van der Waals surface area contributed by atoms with E-state index in [0.29, 0.717) is 44.5 Å². The van der Waals surface area contributed by atoms with Crippen LogP contribution in [0, 0.1) is 0 Å². The lowest BCUT2D eigenvalue weighted by Gasteiger charge is -2.34. The molecule has 0 radical (unpaired) electrons. The van der Waals surface area contributed by atoms with E-state index in [0.717, 1.165) is 25.0 Å². The minimum Gasteiger partial charge on any atom is -0.474 e. The SMILES string of the molecule is COC1CCCN(c2cc(C(=O)NC3CCC(Oc4ncccc4C(N)=O)CC3)cc(C(F)(F)F)c2)C1. The van der Waals surface area contributed by atoms with Crippen LogP contribution in [0.1, 0.15) is 64.8 Å². The highest BCUT2D eigenvalue weighted by molar-refractivity contribution is 5.96. The number of nitrogens with one attached hydrogen (secondary N) is 1. The normalized spacial score (nSPS) is 22.4. The van der Waals surface area contributed by atoms with E-state index >= 15 is 0 Å². The van der Waals surface area contributed by atoms with Crippen molar-refractivity contribution in [2.24, 2.45) is 5.73 Å². The van der Waals surface area contributed by atoms with Gasteiger partial charge in [-0.3, -0.25) is 9.59 Å². The van der Waals surface area contributed by atoms with Crippen LogP contribution in [-0.2, 0) is 10.9 Å². The first kappa shape index (κ1) is 26.7. The second-order valence-electron chi connectivity index (χ2n) is 9.50. The number of nitrogens with two attached hydrogens (primary N) is 1. The highest BCUT2D eigenvalue weighted by Gasteiger charge is 2.33. The molecule has 200 valence electrons. The number of amides is 2. The average Bonchev–Trinajstić information content (AvgIpc) is 2.89. The topological polar surface area (TPSA) is 107 Å². The number of aromatic nitrogens is 1. The van der Waals surface area contributed by atoms with Crippen LogP contribution >= 0.6 is 0 Å². The maximum Gasteiger partial charge on any atom is 0.416 e. The van der Waals surface area contributed by atoms with E-state index < -0.39 is 23.6 Å². The Kier molecular flexibility index (Phi) is 8.21. The number of pyridine rings is 1. The highest BCUT2D eigenvalue weighted by atomic mass is 19.4. The van der Waals surface area contributed by atoms with Gasteiger partial charge >= 0.3 is 6.18 Å². The first-order valence-electron chi connectivity index (χ1n) is 12.4. The first-order valence-corrected chi connectivity index (χ1v) is 12.4. The summed E-state index contributed by atoms with van der Waals surface area (Å²) in [5.41, 5.74) is 5.05. The van der Waals surface area contributed by atoms with Crippen LogP contribution in [0.2, 0.25) is 0 Å². The monoisotopic (exact) mass is 520 g/mol. The smallest absolute Gasteiger partial charge is 0.416 e. The summed E-state index contributed by atoms with van der Waals surface area (Å²) in [7, 11) is 1.59. The molecule has 2 heterocycles. The van der Waals surface area contributed by atoms with Gasteiger partial charge in [0.25, 0.3) is 11.8 Å². The molecule has 0 spiro atoms. The van der Waals surface area contributed by atoms with Crippen LogP contribution in [0.5, 0.6) is 5.88 Å². The van der Waals surface area contributed by atoms with Gasteiger partial charge in [-0.2, -0.15) is 13.2 Å². The molecule has 4 rings (SSSR count). The maximum atomic E-state index is 13.7. The second-order valence-corrected chi connectivity index (χ2v) is 9.50. The van der Waals surface area contributed by atoms with Crippen molar-refractivity contribution in [2.75, 3.05) is 25.1 Å². The number of hydrogen-bond donors (Lipinski definition) is 2. The molecule has 1 atom stereocenters. The number of alkyl halides is 3. The number of benzene rings is 1. The number of rotatable bonds is 7. The molecule has 1 saturated carbocycles. The predicted molar refractivity (Wildman–Crippen MR) is 131 cm³/mol. The third-order valence-corrected chi connectivity index (χ3v) is 6.91. The summed E-state index contributed by atoms with van der Waals surface area (Å²) >= 11 is 0. The Balaban J connectivity index is 1.41. The summed E-state index contributed by atoms with van der Waals surface area (Å²) in [5, 5.41) is 2.88. The van der Waals surface area contributed by atoms with E-state index in [9.17, 15) is 22.8 Å². The van der Waals surface area contributed by atoms with Crippen LogP contribution in [0.4, 0.5) is 18.9 Å². The molecule has 37 heavy (non-hydrogen) atoms. The molecule has 11 heteroatoms. The molecular formula is C26H31F3N4O4. The molecule has 2 amide bonds. The number of halogens is 3. The number of nitrogens with zero attached hydrogens (tertiary/aromatic N) is 2. The van der Waals surface area contributed by atoms with Gasteiger partial charge < -0.3 is 25.4 Å². The van der Waals surface area contributed by atoms with Gasteiger partial charge in [-0.05, 0) is 68.9 Å². The molecular weight excluding hydrogens is 489 g/mol. The van der Waals surface area contributed by atoms with Crippen LogP contribution in [0.25, 0.3) is 0 Å². The zero-order chi connectivity index (χ0) is 26.6. The maximum absolute atomic E-state index is 13.7. The molecule has 2 aliphatic rings. The third-order valence-electron chi connectivity index (χ3n) is 6.91. The summed E-state index contributed by atoms with van der Waals surface area (Å²) < 4.78 is 52.2. The fourth-order valence-corrected chi connectivity index (χ4v) is 4.88. The van der Waals surface area contributed by atoms with Crippen LogP contribution < -0.4 is 20.7 Å². The molecule has 1 aliphatic carbocycles. The van der Waals surface area contributed by atoms with Crippen molar-refractivity contribution in [3.8, 4) is 5.88 Å². The van der Waals surface area contributed by atoms with Gasteiger partial charge in [0.05, 0.1) is 11.7 Å². The van der Waals surface area contributed by atoms with Crippen molar-refractivity contribution in [1.29, 1.82) is 0 Å². The van der Waals surface area contributed by atoms with E-state index in [1.165, 1.54) is 12.3 Å². The van der Waals surface area contributed by atoms with Crippen molar-refractivity contribution < 1.29 is 32.2 Å². The van der Waals surface area contributed by atoms with Gasteiger partial charge in [-0.15, -0.1) is 0 Å². The lowest BCUT2D eigenvalue weighted by atomic mass is 9.92. The van der Waals surface area contributed by atoms with E-state index in [1.807, 2.05) is 4.90 Å². The van der Waals surface area contributed by atoms with Crippen molar-refractivity contribution in [3.05, 3.63) is 53.2 Å². The lowest BCUT2D eigenvalue weighted by Crippen LogP contribution is -2.41. The highest BCUT2D eigenvalue weighted by Crippen LogP contribution is 2.34. The summed E-state index contributed by atoms with van der Waals surface area (Å²) in [4.78, 5) is 30.5. The number of carbonyl (C=O) groups excluding carboxylic acids is 2. The quantitative estimate of drug-likeness (QED) is 0.573. The molecule has 1 aromatic heterocycles. The summed E-state index contributed by atoms with van der Waals surface area (Å²) in [6, 6.07) is 6.44. The number of carbonyl (C=O) groups is 2. The Morgan fingerprint density at radius 3 is 2.54 bits per heavy atom.